The maximum absolute atomic E-state index is 13.1. The van der Waals surface area contributed by atoms with Crippen molar-refractivity contribution >= 4 is 23.2 Å². The fourth-order valence-corrected chi connectivity index (χ4v) is 3.45. The number of carbonyl (C=O) groups is 1. The molecule has 2 atom stereocenters. The maximum Gasteiger partial charge on any atom is 0.244 e. The minimum absolute atomic E-state index is 0.136. The lowest BCUT2D eigenvalue weighted by Crippen LogP contribution is -2.48. The molecule has 0 unspecified atom stereocenters. The van der Waals surface area contributed by atoms with Gasteiger partial charge in [0.1, 0.15) is 12.4 Å². The molecule has 1 heterocycles. The second-order valence-corrected chi connectivity index (χ2v) is 7.29. The molecular weight excluding hydrogens is 348 g/mol. The van der Waals surface area contributed by atoms with Crippen LogP contribution in [0.3, 0.4) is 0 Å². The Morgan fingerprint density at radius 1 is 1.27 bits per heavy atom. The molecule has 1 aliphatic heterocycles. The number of ether oxygens (including phenoxy) is 1. The predicted octanol–water partition coefficient (Wildman–Crippen LogP) is 4.02. The molecule has 1 aliphatic rings. The van der Waals surface area contributed by atoms with E-state index >= 15 is 0 Å². The van der Waals surface area contributed by atoms with Crippen LogP contribution in [0.25, 0.3) is 0 Å². The number of hydrogen-bond acceptors (Lipinski definition) is 3. The zero-order valence-corrected chi connectivity index (χ0v) is 16.2. The molecule has 2 aromatic rings. The molecule has 0 bridgehead atoms. The number of rotatable bonds is 6. The molecule has 0 radical (unpaired) electrons. The van der Waals surface area contributed by atoms with Gasteiger partial charge in [-0.25, -0.2) is 0 Å². The summed E-state index contributed by atoms with van der Waals surface area (Å²) in [6.07, 6.45) is 0.915. The van der Waals surface area contributed by atoms with E-state index < -0.39 is 0 Å². The molecule has 0 saturated carbocycles. The summed E-state index contributed by atoms with van der Waals surface area (Å²) in [5.74, 6) is 0.917. The highest BCUT2D eigenvalue weighted by Crippen LogP contribution is 2.32. The van der Waals surface area contributed by atoms with E-state index in [4.69, 9.17) is 16.3 Å². The standard InChI is InChI=1S/C21H25ClN2O2/c1-15-14-17-6-4-5-7-20(17)24(15)21(25)16(2)23(3)12-13-26-19-10-8-18(22)9-11-19/h4-11,15-16H,12-14H2,1-3H3/t15-,16-/m0/s1. The van der Waals surface area contributed by atoms with Crippen molar-refractivity contribution in [2.75, 3.05) is 25.1 Å². The van der Waals surface area contributed by atoms with E-state index in [1.165, 1.54) is 5.56 Å². The van der Waals surface area contributed by atoms with Crippen LogP contribution < -0.4 is 9.64 Å². The number of fused-ring (bicyclic) bond motifs is 1. The van der Waals surface area contributed by atoms with Gasteiger partial charge in [-0.3, -0.25) is 9.69 Å². The number of anilines is 1. The second kappa shape index (κ2) is 8.11. The van der Waals surface area contributed by atoms with Gasteiger partial charge in [0.15, 0.2) is 0 Å². The summed E-state index contributed by atoms with van der Waals surface area (Å²) in [4.78, 5) is 17.0. The Labute approximate surface area is 160 Å². The second-order valence-electron chi connectivity index (χ2n) is 6.85. The summed E-state index contributed by atoms with van der Waals surface area (Å²) in [5.41, 5.74) is 2.29. The highest BCUT2D eigenvalue weighted by atomic mass is 35.5. The number of benzene rings is 2. The first kappa shape index (κ1) is 18.7. The molecule has 1 amide bonds. The van der Waals surface area contributed by atoms with Gasteiger partial charge in [0.05, 0.1) is 6.04 Å². The van der Waals surface area contributed by atoms with Crippen molar-refractivity contribution in [1.82, 2.24) is 4.90 Å². The lowest BCUT2D eigenvalue weighted by molar-refractivity contribution is -0.123. The summed E-state index contributed by atoms with van der Waals surface area (Å²) in [5, 5.41) is 0.689. The summed E-state index contributed by atoms with van der Waals surface area (Å²) in [6.45, 7) is 5.24. The van der Waals surface area contributed by atoms with E-state index in [0.717, 1.165) is 17.9 Å². The quantitative estimate of drug-likeness (QED) is 0.767. The highest BCUT2D eigenvalue weighted by Gasteiger charge is 2.34. The number of hydrogen-bond donors (Lipinski definition) is 0. The molecule has 2 aromatic carbocycles. The van der Waals surface area contributed by atoms with Gasteiger partial charge in [0.2, 0.25) is 5.91 Å². The van der Waals surface area contributed by atoms with E-state index in [9.17, 15) is 4.79 Å². The number of nitrogens with zero attached hydrogens (tertiary/aromatic N) is 2. The minimum Gasteiger partial charge on any atom is -0.492 e. The minimum atomic E-state index is -0.211. The normalized spacial score (nSPS) is 17.3. The van der Waals surface area contributed by atoms with Crippen molar-refractivity contribution in [1.29, 1.82) is 0 Å². The monoisotopic (exact) mass is 372 g/mol. The van der Waals surface area contributed by atoms with E-state index in [-0.39, 0.29) is 18.0 Å². The Hall–Kier alpha value is -2.04. The summed E-state index contributed by atoms with van der Waals surface area (Å²) in [6, 6.07) is 15.4. The molecule has 0 N–H and O–H groups in total. The SMILES string of the molecule is C[C@@H](C(=O)N1c2ccccc2C[C@@H]1C)N(C)CCOc1ccc(Cl)cc1. The lowest BCUT2D eigenvalue weighted by atomic mass is 10.1. The first-order valence-corrected chi connectivity index (χ1v) is 9.34. The van der Waals surface area contributed by atoms with Gasteiger partial charge in [-0.1, -0.05) is 29.8 Å². The smallest absolute Gasteiger partial charge is 0.244 e. The number of carbonyl (C=O) groups excluding carboxylic acids is 1. The first-order valence-electron chi connectivity index (χ1n) is 8.97. The average Bonchev–Trinajstić information content (AvgIpc) is 2.97. The third-order valence-electron chi connectivity index (χ3n) is 4.99. The van der Waals surface area contributed by atoms with Crippen molar-refractivity contribution < 1.29 is 9.53 Å². The maximum atomic E-state index is 13.1. The Balaban J connectivity index is 1.57. The van der Waals surface area contributed by atoms with Crippen molar-refractivity contribution in [2.24, 2.45) is 0 Å². The summed E-state index contributed by atoms with van der Waals surface area (Å²) in [7, 11) is 1.96. The molecule has 5 heteroatoms. The highest BCUT2D eigenvalue weighted by molar-refractivity contribution is 6.30. The van der Waals surface area contributed by atoms with Gasteiger partial charge in [0.25, 0.3) is 0 Å². The van der Waals surface area contributed by atoms with Crippen LogP contribution in [-0.2, 0) is 11.2 Å². The van der Waals surface area contributed by atoms with Crippen LogP contribution in [0.15, 0.2) is 48.5 Å². The number of amides is 1. The molecule has 0 spiro atoms. The van der Waals surface area contributed by atoms with Gasteiger partial charge in [-0.05, 0) is 63.2 Å². The number of halogens is 1. The average molecular weight is 373 g/mol. The third kappa shape index (κ3) is 4.02. The van der Waals surface area contributed by atoms with Crippen LogP contribution in [0.4, 0.5) is 5.69 Å². The topological polar surface area (TPSA) is 32.8 Å². The molecule has 0 aromatic heterocycles. The Morgan fingerprint density at radius 3 is 2.69 bits per heavy atom. The first-order chi connectivity index (χ1) is 12.5. The molecule has 0 fully saturated rings. The number of para-hydroxylation sites is 1. The van der Waals surface area contributed by atoms with E-state index in [2.05, 4.69) is 13.0 Å². The molecule has 138 valence electrons. The van der Waals surface area contributed by atoms with Crippen LogP contribution in [0.2, 0.25) is 5.02 Å². The van der Waals surface area contributed by atoms with Crippen LogP contribution in [-0.4, -0.2) is 43.1 Å². The molecule has 0 aliphatic carbocycles. The van der Waals surface area contributed by atoms with Crippen LogP contribution in [0, 0.1) is 0 Å². The van der Waals surface area contributed by atoms with Crippen LogP contribution >= 0.6 is 11.6 Å². The zero-order valence-electron chi connectivity index (χ0n) is 15.5. The van der Waals surface area contributed by atoms with E-state index in [0.29, 0.717) is 18.2 Å². The summed E-state index contributed by atoms with van der Waals surface area (Å²) < 4.78 is 5.74. The van der Waals surface area contributed by atoms with Crippen molar-refractivity contribution in [3.05, 3.63) is 59.1 Å². The predicted molar refractivity (Wildman–Crippen MR) is 106 cm³/mol. The number of likely N-dealkylation sites (N-methyl/N-ethyl adjacent to an activating group) is 1. The largest absolute Gasteiger partial charge is 0.492 e. The molecular formula is C21H25ClN2O2. The molecule has 4 nitrogen and oxygen atoms in total. The van der Waals surface area contributed by atoms with Crippen LogP contribution in [0.1, 0.15) is 19.4 Å². The van der Waals surface area contributed by atoms with Gasteiger partial charge >= 0.3 is 0 Å². The Bertz CT molecular complexity index is 763. The van der Waals surface area contributed by atoms with Gasteiger partial charge in [-0.15, -0.1) is 0 Å². The molecule has 0 saturated heterocycles. The zero-order chi connectivity index (χ0) is 18.7. The molecule has 3 rings (SSSR count). The Morgan fingerprint density at radius 2 is 1.96 bits per heavy atom. The lowest BCUT2D eigenvalue weighted by Gasteiger charge is -2.30. The van der Waals surface area contributed by atoms with Crippen molar-refractivity contribution in [2.45, 2.75) is 32.4 Å². The van der Waals surface area contributed by atoms with Gasteiger partial charge < -0.3 is 9.64 Å². The third-order valence-corrected chi connectivity index (χ3v) is 5.24. The van der Waals surface area contributed by atoms with Crippen molar-refractivity contribution in [3.63, 3.8) is 0 Å². The van der Waals surface area contributed by atoms with Gasteiger partial charge in [0, 0.05) is 23.3 Å². The van der Waals surface area contributed by atoms with Gasteiger partial charge in [-0.2, -0.15) is 0 Å². The van der Waals surface area contributed by atoms with E-state index in [1.807, 2.05) is 54.1 Å². The summed E-state index contributed by atoms with van der Waals surface area (Å²) >= 11 is 5.88. The fourth-order valence-electron chi connectivity index (χ4n) is 3.32. The van der Waals surface area contributed by atoms with Crippen molar-refractivity contribution in [3.8, 4) is 5.75 Å². The fraction of sp³-hybridized carbons (Fsp3) is 0.381. The van der Waals surface area contributed by atoms with Crippen LogP contribution in [0.5, 0.6) is 5.75 Å². The Kier molecular flexibility index (Phi) is 5.84. The van der Waals surface area contributed by atoms with E-state index in [1.54, 1.807) is 12.1 Å². The molecule has 26 heavy (non-hydrogen) atoms.